The summed E-state index contributed by atoms with van der Waals surface area (Å²) in [5, 5.41) is 6.07. The minimum atomic E-state index is -0.170. The van der Waals surface area contributed by atoms with Crippen LogP contribution >= 0.6 is 15.9 Å². The Morgan fingerprint density at radius 1 is 0.923 bits per heavy atom. The second-order valence-corrected chi connectivity index (χ2v) is 6.95. The van der Waals surface area contributed by atoms with Crippen molar-refractivity contribution in [1.29, 1.82) is 0 Å². The second kappa shape index (κ2) is 7.66. The average Bonchev–Trinajstić information content (AvgIpc) is 2.57. The quantitative estimate of drug-likeness (QED) is 0.623. The van der Waals surface area contributed by atoms with Gasteiger partial charge in [-0.2, -0.15) is 0 Å². The molecule has 0 atom stereocenters. The smallest absolute Gasteiger partial charge is 0.255 e. The molecule has 0 bridgehead atoms. The molecular formula is C20H19BrN4O. The largest absolute Gasteiger partial charge is 0.324 e. The number of anilines is 3. The lowest BCUT2D eigenvalue weighted by Crippen LogP contribution is -2.12. The lowest BCUT2D eigenvalue weighted by molar-refractivity contribution is 0.102. The molecule has 0 radical (unpaired) electrons. The zero-order chi connectivity index (χ0) is 18.7. The van der Waals surface area contributed by atoms with E-state index < -0.39 is 0 Å². The first-order chi connectivity index (χ1) is 12.4. The number of nitrogens with one attached hydrogen (secondary N) is 2. The summed E-state index contributed by atoms with van der Waals surface area (Å²) >= 11 is 3.46. The fourth-order valence-electron chi connectivity index (χ4n) is 2.57. The zero-order valence-corrected chi connectivity index (χ0v) is 16.4. The Kier molecular flexibility index (Phi) is 5.32. The normalized spacial score (nSPS) is 10.5. The van der Waals surface area contributed by atoms with E-state index in [0.717, 1.165) is 32.8 Å². The van der Waals surface area contributed by atoms with E-state index in [1.165, 1.54) is 0 Å². The van der Waals surface area contributed by atoms with Gasteiger partial charge in [-0.15, -0.1) is 0 Å². The SMILES string of the molecule is Cc1cc(C)nc(Nc2cccc(C(=O)Nc3ccc(Br)c(C)c3)c2)n1. The van der Waals surface area contributed by atoms with Crippen molar-refractivity contribution in [3.05, 3.63) is 75.5 Å². The molecule has 3 aromatic rings. The van der Waals surface area contributed by atoms with Gasteiger partial charge in [0.15, 0.2) is 0 Å². The van der Waals surface area contributed by atoms with Crippen molar-refractivity contribution in [2.24, 2.45) is 0 Å². The molecule has 2 aromatic carbocycles. The summed E-state index contributed by atoms with van der Waals surface area (Å²) in [7, 11) is 0. The monoisotopic (exact) mass is 410 g/mol. The van der Waals surface area contributed by atoms with Crippen LogP contribution in [0.15, 0.2) is 53.0 Å². The molecule has 5 nitrogen and oxygen atoms in total. The summed E-state index contributed by atoms with van der Waals surface area (Å²) in [4.78, 5) is 21.3. The molecule has 0 aliphatic heterocycles. The summed E-state index contributed by atoms with van der Waals surface area (Å²) < 4.78 is 1.01. The minimum Gasteiger partial charge on any atom is -0.324 e. The Bertz CT molecular complexity index is 952. The summed E-state index contributed by atoms with van der Waals surface area (Å²) in [5.74, 6) is 0.348. The molecule has 6 heteroatoms. The van der Waals surface area contributed by atoms with Crippen LogP contribution in [-0.4, -0.2) is 15.9 Å². The maximum Gasteiger partial charge on any atom is 0.255 e. The van der Waals surface area contributed by atoms with Gasteiger partial charge in [0.05, 0.1) is 0 Å². The van der Waals surface area contributed by atoms with Gasteiger partial charge in [-0.3, -0.25) is 4.79 Å². The van der Waals surface area contributed by atoms with E-state index in [1.54, 1.807) is 12.1 Å². The Morgan fingerprint density at radius 3 is 2.35 bits per heavy atom. The number of halogens is 1. The Morgan fingerprint density at radius 2 is 1.65 bits per heavy atom. The number of amides is 1. The molecule has 26 heavy (non-hydrogen) atoms. The highest BCUT2D eigenvalue weighted by molar-refractivity contribution is 9.10. The van der Waals surface area contributed by atoms with Gasteiger partial charge in [-0.25, -0.2) is 9.97 Å². The van der Waals surface area contributed by atoms with Gasteiger partial charge in [-0.1, -0.05) is 22.0 Å². The molecule has 3 rings (SSSR count). The molecule has 0 aliphatic rings. The van der Waals surface area contributed by atoms with Crippen molar-refractivity contribution >= 4 is 39.2 Å². The fourth-order valence-corrected chi connectivity index (χ4v) is 2.82. The van der Waals surface area contributed by atoms with Gasteiger partial charge in [-0.05, 0) is 68.8 Å². The number of hydrogen-bond acceptors (Lipinski definition) is 4. The van der Waals surface area contributed by atoms with E-state index in [0.29, 0.717) is 11.5 Å². The van der Waals surface area contributed by atoms with E-state index in [9.17, 15) is 4.79 Å². The first-order valence-electron chi connectivity index (χ1n) is 8.17. The number of aromatic nitrogens is 2. The summed E-state index contributed by atoms with van der Waals surface area (Å²) in [5.41, 5.74) is 4.91. The van der Waals surface area contributed by atoms with E-state index in [-0.39, 0.29) is 5.91 Å². The Hall–Kier alpha value is -2.73. The van der Waals surface area contributed by atoms with E-state index in [1.807, 2.05) is 57.2 Å². The predicted octanol–water partition coefficient (Wildman–Crippen LogP) is 5.16. The average molecular weight is 411 g/mol. The van der Waals surface area contributed by atoms with Gasteiger partial charge in [0.2, 0.25) is 5.95 Å². The first-order valence-corrected chi connectivity index (χ1v) is 8.97. The maximum atomic E-state index is 12.5. The van der Waals surface area contributed by atoms with Crippen LogP contribution in [0.4, 0.5) is 17.3 Å². The third-order valence-electron chi connectivity index (χ3n) is 3.78. The topological polar surface area (TPSA) is 66.9 Å². The highest BCUT2D eigenvalue weighted by Gasteiger charge is 2.09. The van der Waals surface area contributed by atoms with Crippen LogP contribution in [-0.2, 0) is 0 Å². The van der Waals surface area contributed by atoms with Crippen molar-refractivity contribution in [2.45, 2.75) is 20.8 Å². The Balaban J connectivity index is 1.77. The van der Waals surface area contributed by atoms with Crippen molar-refractivity contribution in [1.82, 2.24) is 9.97 Å². The lowest BCUT2D eigenvalue weighted by Gasteiger charge is -2.10. The molecule has 1 heterocycles. The third-order valence-corrected chi connectivity index (χ3v) is 4.67. The molecule has 0 spiro atoms. The van der Waals surface area contributed by atoms with E-state index in [2.05, 4.69) is 36.5 Å². The molecule has 0 unspecified atom stereocenters. The van der Waals surface area contributed by atoms with Crippen molar-refractivity contribution < 1.29 is 4.79 Å². The number of carbonyl (C=O) groups is 1. The van der Waals surface area contributed by atoms with Crippen molar-refractivity contribution in [3.8, 4) is 0 Å². The van der Waals surface area contributed by atoms with Crippen LogP contribution < -0.4 is 10.6 Å². The molecule has 0 fully saturated rings. The second-order valence-electron chi connectivity index (χ2n) is 6.10. The third kappa shape index (κ3) is 4.46. The first kappa shape index (κ1) is 18.1. The van der Waals surface area contributed by atoms with Crippen LogP contribution in [0.3, 0.4) is 0 Å². The van der Waals surface area contributed by atoms with Crippen LogP contribution in [0.2, 0.25) is 0 Å². The van der Waals surface area contributed by atoms with Crippen LogP contribution in [0.5, 0.6) is 0 Å². The summed E-state index contributed by atoms with van der Waals surface area (Å²) in [6.07, 6.45) is 0. The number of carbonyl (C=O) groups excluding carboxylic acids is 1. The number of benzene rings is 2. The maximum absolute atomic E-state index is 12.5. The molecule has 0 aliphatic carbocycles. The van der Waals surface area contributed by atoms with Gasteiger partial charge in [0, 0.05) is 32.8 Å². The molecular weight excluding hydrogens is 392 g/mol. The number of rotatable bonds is 4. The van der Waals surface area contributed by atoms with Gasteiger partial charge >= 0.3 is 0 Å². The molecule has 0 saturated carbocycles. The molecule has 1 amide bonds. The fraction of sp³-hybridized carbons (Fsp3) is 0.150. The van der Waals surface area contributed by atoms with E-state index in [4.69, 9.17) is 0 Å². The minimum absolute atomic E-state index is 0.170. The summed E-state index contributed by atoms with van der Waals surface area (Å²) in [6, 6.07) is 14.9. The molecule has 1 aromatic heterocycles. The van der Waals surface area contributed by atoms with Crippen molar-refractivity contribution in [2.75, 3.05) is 10.6 Å². The molecule has 132 valence electrons. The van der Waals surface area contributed by atoms with Crippen LogP contribution in [0.1, 0.15) is 27.3 Å². The van der Waals surface area contributed by atoms with Gasteiger partial charge in [0.1, 0.15) is 0 Å². The highest BCUT2D eigenvalue weighted by Crippen LogP contribution is 2.21. The summed E-state index contributed by atoms with van der Waals surface area (Å²) in [6.45, 7) is 5.82. The van der Waals surface area contributed by atoms with Gasteiger partial charge < -0.3 is 10.6 Å². The van der Waals surface area contributed by atoms with Gasteiger partial charge in [0.25, 0.3) is 5.91 Å². The number of nitrogens with zero attached hydrogens (tertiary/aromatic N) is 2. The number of aryl methyl sites for hydroxylation is 3. The Labute approximate surface area is 161 Å². The molecule has 2 N–H and O–H groups in total. The number of hydrogen-bond donors (Lipinski definition) is 2. The predicted molar refractivity (Wildman–Crippen MR) is 108 cm³/mol. The standard InChI is InChI=1S/C20H19BrN4O/c1-12-9-17(7-8-18(12)21)24-19(26)15-5-4-6-16(11-15)25-20-22-13(2)10-14(3)23-20/h4-11H,1-3H3,(H,24,26)(H,22,23,25). The highest BCUT2D eigenvalue weighted by atomic mass is 79.9. The van der Waals surface area contributed by atoms with Crippen LogP contribution in [0, 0.1) is 20.8 Å². The lowest BCUT2D eigenvalue weighted by atomic mass is 10.1. The molecule has 0 saturated heterocycles. The zero-order valence-electron chi connectivity index (χ0n) is 14.8. The van der Waals surface area contributed by atoms with Crippen LogP contribution in [0.25, 0.3) is 0 Å². The van der Waals surface area contributed by atoms with E-state index >= 15 is 0 Å². The van der Waals surface area contributed by atoms with Crippen molar-refractivity contribution in [3.63, 3.8) is 0 Å².